The van der Waals surface area contributed by atoms with Gasteiger partial charge in [0.25, 0.3) is 0 Å². The van der Waals surface area contributed by atoms with Crippen LogP contribution in [-0.2, 0) is 4.74 Å². The molecule has 0 saturated carbocycles. The van der Waals surface area contributed by atoms with Gasteiger partial charge in [-0.3, -0.25) is 0 Å². The lowest BCUT2D eigenvalue weighted by Gasteiger charge is -2.05. The minimum absolute atomic E-state index is 0.304. The van der Waals surface area contributed by atoms with Gasteiger partial charge < -0.3 is 4.74 Å². The maximum absolute atomic E-state index is 11.8. The lowest BCUT2D eigenvalue weighted by Crippen LogP contribution is -2.06. The molecule has 4 heteroatoms. The largest absolute Gasteiger partial charge is 0.462 e. The van der Waals surface area contributed by atoms with E-state index in [0.29, 0.717) is 17.7 Å². The third-order valence-corrected chi connectivity index (χ3v) is 4.32. The van der Waals surface area contributed by atoms with Crippen LogP contribution >= 0.6 is 15.9 Å². The Kier molecular flexibility index (Phi) is 11.3. The van der Waals surface area contributed by atoms with E-state index in [2.05, 4.69) is 15.9 Å². The van der Waals surface area contributed by atoms with Crippen LogP contribution in [0.5, 0.6) is 0 Å². The molecular formula is C19H26BrNO2. The van der Waals surface area contributed by atoms with E-state index in [0.717, 1.165) is 18.2 Å². The molecular weight excluding hydrogens is 354 g/mol. The number of halogens is 1. The summed E-state index contributed by atoms with van der Waals surface area (Å²) in [6, 6.07) is 8.57. The molecule has 0 aliphatic rings. The fourth-order valence-electron chi connectivity index (χ4n) is 2.36. The highest BCUT2D eigenvalue weighted by atomic mass is 79.9. The first-order valence-electron chi connectivity index (χ1n) is 8.51. The van der Waals surface area contributed by atoms with E-state index in [1.807, 2.05) is 6.07 Å². The number of alkyl halides is 1. The number of hydrogen-bond acceptors (Lipinski definition) is 3. The van der Waals surface area contributed by atoms with Crippen molar-refractivity contribution >= 4 is 21.9 Å². The Morgan fingerprint density at radius 3 is 1.96 bits per heavy atom. The number of ether oxygens (including phenoxy) is 1. The zero-order valence-corrected chi connectivity index (χ0v) is 15.3. The molecule has 0 N–H and O–H groups in total. The van der Waals surface area contributed by atoms with Crippen molar-refractivity contribution in [1.29, 1.82) is 5.26 Å². The lowest BCUT2D eigenvalue weighted by atomic mass is 10.1. The first kappa shape index (κ1) is 19.7. The van der Waals surface area contributed by atoms with Crippen molar-refractivity contribution < 1.29 is 9.53 Å². The molecule has 0 heterocycles. The highest BCUT2D eigenvalue weighted by Gasteiger charge is 2.06. The molecule has 0 radical (unpaired) electrons. The standard InChI is InChI=1S/C19H26BrNO2/c20-14-8-6-4-2-1-3-5-7-9-15-23-19(22)18-12-10-17(16-21)11-13-18/h10-13H,1-9,14-15H2. The van der Waals surface area contributed by atoms with Gasteiger partial charge in [-0.05, 0) is 37.1 Å². The predicted molar refractivity (Wildman–Crippen MR) is 96.8 cm³/mol. The topological polar surface area (TPSA) is 50.1 Å². The van der Waals surface area contributed by atoms with Crippen molar-refractivity contribution in [2.75, 3.05) is 11.9 Å². The van der Waals surface area contributed by atoms with Gasteiger partial charge in [0.1, 0.15) is 0 Å². The summed E-state index contributed by atoms with van der Waals surface area (Å²) in [5.74, 6) is -0.304. The first-order chi connectivity index (χ1) is 11.3. The smallest absolute Gasteiger partial charge is 0.338 e. The summed E-state index contributed by atoms with van der Waals surface area (Å²) in [7, 11) is 0. The van der Waals surface area contributed by atoms with Gasteiger partial charge in [0, 0.05) is 5.33 Å². The van der Waals surface area contributed by atoms with Gasteiger partial charge >= 0.3 is 5.97 Å². The number of nitriles is 1. The van der Waals surface area contributed by atoms with Crippen molar-refractivity contribution in [3.63, 3.8) is 0 Å². The van der Waals surface area contributed by atoms with Gasteiger partial charge in [-0.1, -0.05) is 60.9 Å². The molecule has 0 amide bonds. The van der Waals surface area contributed by atoms with Crippen molar-refractivity contribution in [2.24, 2.45) is 0 Å². The van der Waals surface area contributed by atoms with Gasteiger partial charge in [0.05, 0.1) is 23.8 Å². The van der Waals surface area contributed by atoms with Crippen LogP contribution in [0, 0.1) is 11.3 Å². The summed E-state index contributed by atoms with van der Waals surface area (Å²) in [5, 5.41) is 9.83. The maximum Gasteiger partial charge on any atom is 0.338 e. The summed E-state index contributed by atoms with van der Waals surface area (Å²) >= 11 is 3.45. The summed E-state index contributed by atoms with van der Waals surface area (Å²) in [6.45, 7) is 0.476. The van der Waals surface area contributed by atoms with E-state index >= 15 is 0 Å². The van der Waals surface area contributed by atoms with Gasteiger partial charge in [0.15, 0.2) is 0 Å². The van der Waals surface area contributed by atoms with Crippen molar-refractivity contribution in [3.05, 3.63) is 35.4 Å². The molecule has 0 atom stereocenters. The second-order valence-electron chi connectivity index (χ2n) is 5.70. The average Bonchev–Trinajstić information content (AvgIpc) is 2.59. The van der Waals surface area contributed by atoms with Gasteiger partial charge in [-0.2, -0.15) is 5.26 Å². The number of nitrogens with zero attached hydrogens (tertiary/aromatic N) is 1. The summed E-state index contributed by atoms with van der Waals surface area (Å²) in [6.07, 6.45) is 11.1. The van der Waals surface area contributed by atoms with Gasteiger partial charge in [-0.25, -0.2) is 4.79 Å². The summed E-state index contributed by atoms with van der Waals surface area (Å²) < 4.78 is 5.25. The summed E-state index contributed by atoms with van der Waals surface area (Å²) in [4.78, 5) is 11.8. The Balaban J connectivity index is 1.98. The average molecular weight is 380 g/mol. The van der Waals surface area contributed by atoms with E-state index in [1.54, 1.807) is 24.3 Å². The molecule has 0 unspecified atom stereocenters. The molecule has 0 spiro atoms. The monoisotopic (exact) mass is 379 g/mol. The maximum atomic E-state index is 11.8. The fourth-order valence-corrected chi connectivity index (χ4v) is 2.76. The minimum Gasteiger partial charge on any atom is -0.462 e. The van der Waals surface area contributed by atoms with Crippen LogP contribution < -0.4 is 0 Å². The molecule has 0 bridgehead atoms. The molecule has 1 aromatic rings. The molecule has 0 aliphatic carbocycles. The van der Waals surface area contributed by atoms with Crippen LogP contribution in [0.1, 0.15) is 73.7 Å². The van der Waals surface area contributed by atoms with Crippen LogP contribution in [0.2, 0.25) is 0 Å². The molecule has 0 aromatic heterocycles. The zero-order valence-electron chi connectivity index (χ0n) is 13.7. The van der Waals surface area contributed by atoms with Crippen molar-refractivity contribution in [3.8, 4) is 6.07 Å². The molecule has 0 saturated heterocycles. The van der Waals surface area contributed by atoms with Crippen LogP contribution in [0.25, 0.3) is 0 Å². The van der Waals surface area contributed by atoms with Crippen molar-refractivity contribution in [1.82, 2.24) is 0 Å². The molecule has 1 rings (SSSR count). The Morgan fingerprint density at radius 1 is 0.913 bits per heavy atom. The van der Waals surface area contributed by atoms with Gasteiger partial charge in [0.2, 0.25) is 0 Å². The molecule has 0 fully saturated rings. The second kappa shape index (κ2) is 13.1. The van der Waals surface area contributed by atoms with Gasteiger partial charge in [-0.15, -0.1) is 0 Å². The molecule has 23 heavy (non-hydrogen) atoms. The van der Waals surface area contributed by atoms with Crippen LogP contribution in [0.3, 0.4) is 0 Å². The zero-order chi connectivity index (χ0) is 16.8. The SMILES string of the molecule is N#Cc1ccc(C(=O)OCCCCCCCCCCCBr)cc1. The van der Waals surface area contributed by atoms with E-state index in [1.165, 1.54) is 44.9 Å². The second-order valence-corrected chi connectivity index (χ2v) is 6.49. The molecule has 3 nitrogen and oxygen atoms in total. The fraction of sp³-hybridized carbons (Fsp3) is 0.579. The van der Waals surface area contributed by atoms with Crippen molar-refractivity contribution in [2.45, 2.75) is 57.8 Å². The number of rotatable bonds is 12. The Labute approximate surface area is 148 Å². The normalized spacial score (nSPS) is 10.3. The van der Waals surface area contributed by atoms with E-state index in [9.17, 15) is 4.79 Å². The Hall–Kier alpha value is -1.34. The number of carbonyl (C=O) groups excluding carboxylic acids is 1. The Bertz CT molecular complexity index is 479. The van der Waals surface area contributed by atoms with Crippen LogP contribution in [-0.4, -0.2) is 17.9 Å². The molecule has 1 aromatic carbocycles. The first-order valence-corrected chi connectivity index (χ1v) is 9.63. The number of benzene rings is 1. The number of carbonyl (C=O) groups is 1. The highest BCUT2D eigenvalue weighted by molar-refractivity contribution is 9.09. The summed E-state index contributed by atoms with van der Waals surface area (Å²) in [5.41, 5.74) is 1.06. The minimum atomic E-state index is -0.304. The van der Waals surface area contributed by atoms with E-state index < -0.39 is 0 Å². The number of hydrogen-bond donors (Lipinski definition) is 0. The number of esters is 1. The van der Waals surface area contributed by atoms with Crippen LogP contribution in [0.4, 0.5) is 0 Å². The lowest BCUT2D eigenvalue weighted by molar-refractivity contribution is 0.0497. The number of unbranched alkanes of at least 4 members (excludes halogenated alkanes) is 8. The van der Waals surface area contributed by atoms with E-state index in [-0.39, 0.29) is 5.97 Å². The van der Waals surface area contributed by atoms with Crippen LogP contribution in [0.15, 0.2) is 24.3 Å². The third kappa shape index (κ3) is 9.40. The third-order valence-electron chi connectivity index (χ3n) is 3.76. The highest BCUT2D eigenvalue weighted by Crippen LogP contribution is 2.11. The molecule has 126 valence electrons. The quantitative estimate of drug-likeness (QED) is 0.269. The molecule has 0 aliphatic heterocycles. The Morgan fingerprint density at radius 2 is 1.43 bits per heavy atom. The predicted octanol–water partition coefficient (Wildman–Crippen LogP) is 5.62. The van der Waals surface area contributed by atoms with E-state index in [4.69, 9.17) is 10.00 Å².